The highest BCUT2D eigenvalue weighted by molar-refractivity contribution is 5.91. The van der Waals surface area contributed by atoms with Crippen molar-refractivity contribution >= 4 is 18.0 Å². The van der Waals surface area contributed by atoms with Gasteiger partial charge in [0.05, 0.1) is 12.5 Å². The van der Waals surface area contributed by atoms with Gasteiger partial charge in [0.15, 0.2) is 0 Å². The first-order valence-corrected chi connectivity index (χ1v) is 6.70. The van der Waals surface area contributed by atoms with E-state index < -0.39 is 12.1 Å². The average Bonchev–Trinajstić information content (AvgIpc) is 2.42. The van der Waals surface area contributed by atoms with E-state index in [1.807, 2.05) is 32.0 Å². The van der Waals surface area contributed by atoms with Gasteiger partial charge in [0, 0.05) is 19.7 Å². The van der Waals surface area contributed by atoms with Crippen molar-refractivity contribution in [1.29, 1.82) is 0 Å². The number of aliphatic carboxylic acids is 1. The van der Waals surface area contributed by atoms with Crippen molar-refractivity contribution < 1.29 is 19.4 Å². The van der Waals surface area contributed by atoms with Crippen molar-refractivity contribution in [2.45, 2.75) is 26.4 Å². The molecule has 0 radical (unpaired) electrons. The molecule has 1 atom stereocenters. The van der Waals surface area contributed by atoms with Crippen molar-refractivity contribution in [3.63, 3.8) is 0 Å². The number of nitrogens with one attached hydrogen (secondary N) is 1. The second kappa shape index (κ2) is 8.21. The van der Waals surface area contributed by atoms with Crippen LogP contribution in [-0.2, 0) is 14.3 Å². The molecule has 1 unspecified atom stereocenters. The van der Waals surface area contributed by atoms with Crippen LogP contribution < -0.4 is 5.32 Å². The van der Waals surface area contributed by atoms with Crippen LogP contribution in [0.1, 0.15) is 23.1 Å². The van der Waals surface area contributed by atoms with E-state index in [9.17, 15) is 9.59 Å². The number of aryl methyl sites for hydroxylation is 2. The molecular weight excluding hydrogens is 270 g/mol. The fraction of sp³-hybridized carbons (Fsp3) is 0.375. The van der Waals surface area contributed by atoms with E-state index in [0.29, 0.717) is 0 Å². The number of carbonyl (C=O) groups excluding carboxylic acids is 1. The summed E-state index contributed by atoms with van der Waals surface area (Å²) >= 11 is 0. The Balaban J connectivity index is 2.53. The number of amides is 1. The molecule has 0 spiro atoms. The molecule has 1 aromatic carbocycles. The van der Waals surface area contributed by atoms with Crippen LogP contribution in [0.25, 0.3) is 6.08 Å². The van der Waals surface area contributed by atoms with Crippen molar-refractivity contribution in [3.05, 3.63) is 41.0 Å². The Hall–Kier alpha value is -2.14. The number of methoxy groups -OCH3 is 1. The maximum atomic E-state index is 11.7. The standard InChI is InChI=1S/C16H21NO4/c1-11-4-5-13(12(2)8-11)6-7-15(18)17-10-14(21-3)9-16(19)20/h4-8,14H,9-10H2,1-3H3,(H,17,18)(H,19,20)/b7-6+. The predicted octanol–water partition coefficient (Wildman–Crippen LogP) is 1.92. The maximum Gasteiger partial charge on any atom is 0.306 e. The topological polar surface area (TPSA) is 75.6 Å². The third-order valence-corrected chi connectivity index (χ3v) is 3.08. The molecule has 1 amide bonds. The number of carboxylic acid groups (broad SMARTS) is 1. The summed E-state index contributed by atoms with van der Waals surface area (Å²) in [5.74, 6) is -1.23. The first-order chi connectivity index (χ1) is 9.92. The quantitative estimate of drug-likeness (QED) is 0.753. The molecule has 0 aliphatic heterocycles. The largest absolute Gasteiger partial charge is 0.481 e. The lowest BCUT2D eigenvalue weighted by Crippen LogP contribution is -2.33. The highest BCUT2D eigenvalue weighted by Crippen LogP contribution is 2.11. The number of carboxylic acids is 1. The molecule has 1 aromatic rings. The van der Waals surface area contributed by atoms with Crippen LogP contribution in [0, 0.1) is 13.8 Å². The number of ether oxygens (including phenoxy) is 1. The van der Waals surface area contributed by atoms with Crippen LogP contribution in [0.3, 0.4) is 0 Å². The van der Waals surface area contributed by atoms with Crippen molar-refractivity contribution in [2.75, 3.05) is 13.7 Å². The van der Waals surface area contributed by atoms with E-state index in [2.05, 4.69) is 5.32 Å². The van der Waals surface area contributed by atoms with E-state index in [-0.39, 0.29) is 18.9 Å². The average molecular weight is 291 g/mol. The second-order valence-corrected chi connectivity index (χ2v) is 4.89. The van der Waals surface area contributed by atoms with E-state index in [1.165, 1.54) is 18.7 Å². The minimum absolute atomic E-state index is 0.141. The molecule has 114 valence electrons. The Morgan fingerprint density at radius 2 is 2.10 bits per heavy atom. The second-order valence-electron chi connectivity index (χ2n) is 4.89. The Kier molecular flexibility index (Phi) is 6.62. The predicted molar refractivity (Wildman–Crippen MR) is 81.0 cm³/mol. The molecule has 0 saturated carbocycles. The minimum atomic E-state index is -0.957. The van der Waals surface area contributed by atoms with Gasteiger partial charge in [0.25, 0.3) is 0 Å². The zero-order chi connectivity index (χ0) is 15.8. The lowest BCUT2D eigenvalue weighted by Gasteiger charge is -2.12. The Labute approximate surface area is 124 Å². The van der Waals surface area contributed by atoms with E-state index in [0.717, 1.165) is 11.1 Å². The van der Waals surface area contributed by atoms with Crippen molar-refractivity contribution in [3.8, 4) is 0 Å². The molecule has 0 aliphatic rings. The van der Waals surface area contributed by atoms with Crippen LogP contribution in [0.15, 0.2) is 24.3 Å². The molecule has 0 aromatic heterocycles. The van der Waals surface area contributed by atoms with Crippen LogP contribution in [0.2, 0.25) is 0 Å². The summed E-state index contributed by atoms with van der Waals surface area (Å²) in [4.78, 5) is 22.3. The smallest absolute Gasteiger partial charge is 0.306 e. The first-order valence-electron chi connectivity index (χ1n) is 6.70. The first kappa shape index (κ1) is 16.9. The number of hydrogen-bond donors (Lipinski definition) is 2. The molecule has 21 heavy (non-hydrogen) atoms. The molecule has 5 heteroatoms. The molecule has 0 saturated heterocycles. The Bertz CT molecular complexity index is 537. The summed E-state index contributed by atoms with van der Waals surface area (Å²) in [6, 6.07) is 5.99. The molecule has 5 nitrogen and oxygen atoms in total. The summed E-state index contributed by atoms with van der Waals surface area (Å²) in [6.07, 6.45) is 2.51. The Morgan fingerprint density at radius 1 is 1.38 bits per heavy atom. The van der Waals surface area contributed by atoms with Crippen LogP contribution >= 0.6 is 0 Å². The highest BCUT2D eigenvalue weighted by Gasteiger charge is 2.12. The molecule has 0 bridgehead atoms. The maximum absolute atomic E-state index is 11.7. The summed E-state index contributed by atoms with van der Waals surface area (Å²) in [5.41, 5.74) is 3.25. The third-order valence-electron chi connectivity index (χ3n) is 3.08. The van der Waals surface area contributed by atoms with E-state index >= 15 is 0 Å². The summed E-state index contributed by atoms with van der Waals surface area (Å²) in [5, 5.41) is 11.3. The van der Waals surface area contributed by atoms with Gasteiger partial charge in [-0.3, -0.25) is 9.59 Å². The molecule has 0 fully saturated rings. The van der Waals surface area contributed by atoms with Gasteiger partial charge in [-0.2, -0.15) is 0 Å². The fourth-order valence-corrected chi connectivity index (χ4v) is 1.89. The Morgan fingerprint density at radius 3 is 2.67 bits per heavy atom. The summed E-state index contributed by atoms with van der Waals surface area (Å²) in [6.45, 7) is 4.16. The zero-order valence-electron chi connectivity index (χ0n) is 12.6. The van der Waals surface area contributed by atoms with Gasteiger partial charge >= 0.3 is 5.97 Å². The normalized spacial score (nSPS) is 12.3. The summed E-state index contributed by atoms with van der Waals surface area (Å²) < 4.78 is 4.99. The monoisotopic (exact) mass is 291 g/mol. The van der Waals surface area contributed by atoms with Crippen LogP contribution in [0.4, 0.5) is 0 Å². The van der Waals surface area contributed by atoms with Crippen molar-refractivity contribution in [1.82, 2.24) is 5.32 Å². The molecule has 1 rings (SSSR count). The minimum Gasteiger partial charge on any atom is -0.481 e. The molecular formula is C16H21NO4. The van der Waals surface area contributed by atoms with Gasteiger partial charge in [0.2, 0.25) is 5.91 Å². The van der Waals surface area contributed by atoms with Crippen LogP contribution in [0.5, 0.6) is 0 Å². The number of hydrogen-bond acceptors (Lipinski definition) is 3. The van der Waals surface area contributed by atoms with Gasteiger partial charge in [-0.15, -0.1) is 0 Å². The third kappa shape index (κ3) is 6.23. The molecule has 0 aliphatic carbocycles. The fourth-order valence-electron chi connectivity index (χ4n) is 1.89. The zero-order valence-corrected chi connectivity index (χ0v) is 12.6. The number of rotatable bonds is 7. The number of carbonyl (C=O) groups is 2. The van der Waals surface area contributed by atoms with Crippen LogP contribution in [-0.4, -0.2) is 36.7 Å². The SMILES string of the molecule is COC(CNC(=O)/C=C/c1ccc(C)cc1C)CC(=O)O. The van der Waals surface area contributed by atoms with E-state index in [4.69, 9.17) is 9.84 Å². The van der Waals surface area contributed by atoms with Gasteiger partial charge in [-0.25, -0.2) is 0 Å². The highest BCUT2D eigenvalue weighted by atomic mass is 16.5. The molecule has 0 heterocycles. The lowest BCUT2D eigenvalue weighted by atomic mass is 10.1. The summed E-state index contributed by atoms with van der Waals surface area (Å²) in [7, 11) is 1.42. The van der Waals surface area contributed by atoms with E-state index in [1.54, 1.807) is 6.08 Å². The number of benzene rings is 1. The van der Waals surface area contributed by atoms with Gasteiger partial charge in [-0.1, -0.05) is 23.8 Å². The van der Waals surface area contributed by atoms with Crippen molar-refractivity contribution in [2.24, 2.45) is 0 Å². The van der Waals surface area contributed by atoms with Gasteiger partial charge < -0.3 is 15.2 Å². The molecule has 2 N–H and O–H groups in total. The van der Waals surface area contributed by atoms with Gasteiger partial charge in [-0.05, 0) is 31.1 Å². The van der Waals surface area contributed by atoms with Gasteiger partial charge in [0.1, 0.15) is 0 Å². The lowest BCUT2D eigenvalue weighted by molar-refractivity contribution is -0.140.